The van der Waals surface area contributed by atoms with Gasteiger partial charge in [0.1, 0.15) is 12.4 Å². The van der Waals surface area contributed by atoms with Crippen molar-refractivity contribution in [3.8, 4) is 5.75 Å². The van der Waals surface area contributed by atoms with E-state index in [1.165, 1.54) is 11.1 Å². The van der Waals surface area contributed by atoms with E-state index in [0.29, 0.717) is 6.61 Å². The van der Waals surface area contributed by atoms with Crippen molar-refractivity contribution in [2.24, 2.45) is 7.05 Å². The smallest absolute Gasteiger partial charge is 0.209 e. The van der Waals surface area contributed by atoms with Gasteiger partial charge in [0.05, 0.1) is 0 Å². The molecule has 0 aliphatic heterocycles. The summed E-state index contributed by atoms with van der Waals surface area (Å²) in [7, 11) is 1.84. The molecule has 0 radical (unpaired) electrons. The molecule has 1 heterocycles. The molecule has 1 aromatic heterocycles. The molecule has 136 valence electrons. The number of ether oxygens (including phenoxy) is 1. The number of benzene rings is 2. The molecule has 0 aliphatic carbocycles. The van der Waals surface area contributed by atoms with Gasteiger partial charge in [-0.05, 0) is 29.0 Å². The Hall–Kier alpha value is -2.38. The van der Waals surface area contributed by atoms with Crippen LogP contribution in [0.25, 0.3) is 0 Å². The van der Waals surface area contributed by atoms with Crippen LogP contribution in [0.4, 0.5) is 0 Å². The number of para-hydroxylation sites is 1. The number of thioether (sulfide) groups is 1. The first-order valence-corrected chi connectivity index (χ1v) is 9.53. The fourth-order valence-corrected chi connectivity index (χ4v) is 3.16. The molecule has 0 saturated carbocycles. The molecule has 0 fully saturated rings. The van der Waals surface area contributed by atoms with Crippen LogP contribution in [0, 0.1) is 6.92 Å². The number of nitrogens with zero attached hydrogens (tertiary/aromatic N) is 4. The molecule has 0 aliphatic rings. The van der Waals surface area contributed by atoms with Crippen LogP contribution in [0.1, 0.15) is 16.7 Å². The molecule has 2 aromatic carbocycles. The van der Waals surface area contributed by atoms with Gasteiger partial charge in [-0.25, -0.2) is 4.68 Å². The minimum absolute atomic E-state index is 0.576. The third-order valence-corrected chi connectivity index (χ3v) is 4.91. The maximum atomic E-state index is 6.02. The number of hydrogen-bond acceptors (Lipinski definition) is 6. The van der Waals surface area contributed by atoms with E-state index < -0.39 is 0 Å². The summed E-state index contributed by atoms with van der Waals surface area (Å²) in [6.45, 7) is 4.29. The standard InChI is InChI=1S/C19H23N5OS/c1-15-7-9-16(10-8-15)14-25-18-6-4-3-5-17(18)13-20-11-12-26-19-21-22-23-24(19)2/h3-10,20H,11-14H2,1-2H3. The summed E-state index contributed by atoms with van der Waals surface area (Å²) < 4.78 is 7.70. The fourth-order valence-electron chi connectivity index (χ4n) is 2.42. The Morgan fingerprint density at radius 1 is 1.12 bits per heavy atom. The van der Waals surface area contributed by atoms with Gasteiger partial charge in [0, 0.05) is 31.5 Å². The maximum absolute atomic E-state index is 6.02. The van der Waals surface area contributed by atoms with E-state index in [4.69, 9.17) is 4.74 Å². The van der Waals surface area contributed by atoms with Crippen LogP contribution in [-0.2, 0) is 20.2 Å². The number of nitrogens with one attached hydrogen (secondary N) is 1. The monoisotopic (exact) mass is 369 g/mol. The number of hydrogen-bond donors (Lipinski definition) is 1. The highest BCUT2D eigenvalue weighted by atomic mass is 32.2. The number of aryl methyl sites for hydroxylation is 2. The zero-order valence-corrected chi connectivity index (χ0v) is 15.9. The van der Waals surface area contributed by atoms with Gasteiger partial charge >= 0.3 is 0 Å². The summed E-state index contributed by atoms with van der Waals surface area (Å²) in [5.41, 5.74) is 3.59. The second kappa shape index (κ2) is 9.35. The highest BCUT2D eigenvalue weighted by Crippen LogP contribution is 2.19. The van der Waals surface area contributed by atoms with Crippen molar-refractivity contribution in [1.82, 2.24) is 25.5 Å². The van der Waals surface area contributed by atoms with Crippen LogP contribution in [0.2, 0.25) is 0 Å². The van der Waals surface area contributed by atoms with E-state index in [1.807, 2.05) is 25.2 Å². The van der Waals surface area contributed by atoms with E-state index in [1.54, 1.807) is 16.4 Å². The summed E-state index contributed by atoms with van der Waals surface area (Å²) >= 11 is 1.63. The van der Waals surface area contributed by atoms with Crippen molar-refractivity contribution < 1.29 is 4.74 Å². The summed E-state index contributed by atoms with van der Waals surface area (Å²) in [6, 6.07) is 16.6. The van der Waals surface area contributed by atoms with E-state index in [9.17, 15) is 0 Å². The number of rotatable bonds is 9. The predicted molar refractivity (Wildman–Crippen MR) is 103 cm³/mol. The van der Waals surface area contributed by atoms with Crippen LogP contribution in [0.15, 0.2) is 53.7 Å². The lowest BCUT2D eigenvalue weighted by molar-refractivity contribution is 0.302. The Bertz CT molecular complexity index is 819. The minimum atomic E-state index is 0.576. The molecule has 26 heavy (non-hydrogen) atoms. The molecule has 0 saturated heterocycles. The Labute approximate surface area is 158 Å². The first kappa shape index (κ1) is 18.4. The highest BCUT2D eigenvalue weighted by molar-refractivity contribution is 7.99. The molecule has 0 spiro atoms. The molecule has 0 unspecified atom stereocenters. The zero-order chi connectivity index (χ0) is 18.2. The van der Waals surface area contributed by atoms with Crippen molar-refractivity contribution >= 4 is 11.8 Å². The predicted octanol–water partition coefficient (Wildman–Crippen LogP) is 2.98. The normalized spacial score (nSPS) is 10.8. The third kappa shape index (κ3) is 5.31. The lowest BCUT2D eigenvalue weighted by atomic mass is 10.1. The van der Waals surface area contributed by atoms with Gasteiger partial charge in [-0.2, -0.15) is 0 Å². The molecule has 1 N–H and O–H groups in total. The van der Waals surface area contributed by atoms with Crippen molar-refractivity contribution in [2.75, 3.05) is 12.3 Å². The molecule has 6 nitrogen and oxygen atoms in total. The number of aromatic nitrogens is 4. The quantitative estimate of drug-likeness (QED) is 0.462. The average Bonchev–Trinajstić information content (AvgIpc) is 3.07. The Kier molecular flexibility index (Phi) is 6.62. The largest absolute Gasteiger partial charge is 0.489 e. The molecule has 0 atom stereocenters. The second-order valence-electron chi connectivity index (χ2n) is 5.99. The fraction of sp³-hybridized carbons (Fsp3) is 0.316. The minimum Gasteiger partial charge on any atom is -0.489 e. The second-order valence-corrected chi connectivity index (χ2v) is 7.05. The Morgan fingerprint density at radius 3 is 2.69 bits per heavy atom. The van der Waals surface area contributed by atoms with Crippen LogP contribution < -0.4 is 10.1 Å². The van der Waals surface area contributed by atoms with Gasteiger partial charge in [0.15, 0.2) is 0 Å². The lowest BCUT2D eigenvalue weighted by Crippen LogP contribution is -2.17. The van der Waals surface area contributed by atoms with Gasteiger partial charge in [-0.3, -0.25) is 0 Å². The van der Waals surface area contributed by atoms with Gasteiger partial charge in [0.25, 0.3) is 0 Å². The van der Waals surface area contributed by atoms with Crippen LogP contribution in [-0.4, -0.2) is 32.5 Å². The van der Waals surface area contributed by atoms with E-state index in [0.717, 1.165) is 35.3 Å². The Morgan fingerprint density at radius 2 is 1.92 bits per heavy atom. The summed E-state index contributed by atoms with van der Waals surface area (Å²) in [6.07, 6.45) is 0. The first-order valence-electron chi connectivity index (χ1n) is 8.54. The van der Waals surface area contributed by atoms with Crippen molar-refractivity contribution in [3.63, 3.8) is 0 Å². The summed E-state index contributed by atoms with van der Waals surface area (Å²) in [5, 5.41) is 15.7. The van der Waals surface area contributed by atoms with Gasteiger partial charge in [-0.1, -0.05) is 59.8 Å². The van der Waals surface area contributed by atoms with Crippen molar-refractivity contribution in [1.29, 1.82) is 0 Å². The molecule has 0 amide bonds. The Balaban J connectivity index is 1.46. The van der Waals surface area contributed by atoms with Gasteiger partial charge < -0.3 is 10.1 Å². The molecule has 7 heteroatoms. The summed E-state index contributed by atoms with van der Waals surface area (Å²) in [5.74, 6) is 1.83. The van der Waals surface area contributed by atoms with E-state index in [2.05, 4.69) is 58.1 Å². The lowest BCUT2D eigenvalue weighted by Gasteiger charge is -2.12. The van der Waals surface area contributed by atoms with E-state index in [-0.39, 0.29) is 0 Å². The zero-order valence-electron chi connectivity index (χ0n) is 15.1. The SMILES string of the molecule is Cc1ccc(COc2ccccc2CNCCSc2nnnn2C)cc1. The van der Waals surface area contributed by atoms with E-state index >= 15 is 0 Å². The molecule has 3 rings (SSSR count). The topological polar surface area (TPSA) is 64.9 Å². The molecular weight excluding hydrogens is 346 g/mol. The van der Waals surface area contributed by atoms with Crippen LogP contribution in [0.3, 0.4) is 0 Å². The van der Waals surface area contributed by atoms with Gasteiger partial charge in [-0.15, -0.1) is 5.10 Å². The molecule has 0 bridgehead atoms. The van der Waals surface area contributed by atoms with Crippen LogP contribution >= 0.6 is 11.8 Å². The first-order chi connectivity index (χ1) is 12.7. The number of tetrazole rings is 1. The van der Waals surface area contributed by atoms with Crippen LogP contribution in [0.5, 0.6) is 5.75 Å². The summed E-state index contributed by atoms with van der Waals surface area (Å²) in [4.78, 5) is 0. The maximum Gasteiger partial charge on any atom is 0.209 e. The average molecular weight is 369 g/mol. The third-order valence-electron chi connectivity index (χ3n) is 3.89. The highest BCUT2D eigenvalue weighted by Gasteiger charge is 2.05. The van der Waals surface area contributed by atoms with Crippen molar-refractivity contribution in [3.05, 3.63) is 65.2 Å². The van der Waals surface area contributed by atoms with Gasteiger partial charge in [0.2, 0.25) is 5.16 Å². The molecule has 3 aromatic rings. The molecular formula is C19H23N5OS. The van der Waals surface area contributed by atoms with Crippen molar-refractivity contribution in [2.45, 2.75) is 25.2 Å².